The van der Waals surface area contributed by atoms with Gasteiger partial charge in [0, 0.05) is 89.6 Å². The van der Waals surface area contributed by atoms with E-state index in [1.807, 2.05) is 81.4 Å². The molecule has 6 aliphatic rings. The van der Waals surface area contributed by atoms with Gasteiger partial charge in [0.1, 0.15) is 40.2 Å². The van der Waals surface area contributed by atoms with E-state index >= 15 is 0 Å². The van der Waals surface area contributed by atoms with Crippen LogP contribution >= 0.6 is 11.1 Å². The van der Waals surface area contributed by atoms with Crippen molar-refractivity contribution in [1.29, 1.82) is 0 Å². The predicted molar refractivity (Wildman–Crippen MR) is 361 cm³/mol. The Bertz CT molecular complexity index is 2940. The summed E-state index contributed by atoms with van der Waals surface area (Å²) in [5.74, 6) is 0. The number of aldehydes is 1. The number of rotatable bonds is 12. The topological polar surface area (TPSA) is 291 Å². The average molecular weight is 1330 g/mol. The van der Waals surface area contributed by atoms with Crippen molar-refractivity contribution in [3.05, 3.63) is 102 Å². The Morgan fingerprint density at radius 1 is 0.598 bits per heavy atom. The summed E-state index contributed by atoms with van der Waals surface area (Å²) in [6.07, 6.45) is 8.62. The third kappa shape index (κ3) is 22.2. The molecule has 3 aromatic rings. The molecule has 0 atom stereocenters. The van der Waals surface area contributed by atoms with E-state index in [1.165, 1.54) is 12.1 Å². The first-order chi connectivity index (χ1) is 41.1. The van der Waals surface area contributed by atoms with Gasteiger partial charge in [-0.15, -0.1) is 0 Å². The van der Waals surface area contributed by atoms with E-state index in [0.29, 0.717) is 73.2 Å². The number of nitrogens with one attached hydrogen (secondary N) is 3. The van der Waals surface area contributed by atoms with Crippen LogP contribution in [0.3, 0.4) is 0 Å². The molecule has 3 aromatic carbocycles. The van der Waals surface area contributed by atoms with Gasteiger partial charge in [0.05, 0.1) is 21.4 Å². The van der Waals surface area contributed by atoms with Gasteiger partial charge in [-0.1, -0.05) is 60.3 Å². The Morgan fingerprint density at radius 2 is 0.880 bits per heavy atom. The summed E-state index contributed by atoms with van der Waals surface area (Å²) in [4.78, 5) is 85.5. The zero-order valence-electron chi connectivity index (χ0n) is 57.4. The summed E-state index contributed by atoms with van der Waals surface area (Å²) in [6.45, 7) is 33.6. The number of aryl methyl sites for hydroxylation is 1. The summed E-state index contributed by atoms with van der Waals surface area (Å²) in [6, 6.07) is 15.0. The fourth-order valence-corrected chi connectivity index (χ4v) is 12.1. The monoisotopic (exact) mass is 1330 g/mol. The van der Waals surface area contributed by atoms with Gasteiger partial charge >= 0.3 is 47.8 Å². The molecular formula is C65H101BClN9NaO14Si. The molecule has 0 unspecified atom stereocenters. The van der Waals surface area contributed by atoms with Crippen LogP contribution in [0.2, 0.25) is 18.1 Å². The summed E-state index contributed by atoms with van der Waals surface area (Å²) in [7, 11) is -1.39. The van der Waals surface area contributed by atoms with Crippen molar-refractivity contribution in [2.24, 2.45) is 16.2 Å². The predicted octanol–water partition coefficient (Wildman–Crippen LogP) is 11.9. The van der Waals surface area contributed by atoms with Gasteiger partial charge in [-0.3, -0.25) is 35.1 Å². The van der Waals surface area contributed by atoms with Gasteiger partial charge in [0.2, 0.25) is 0 Å². The van der Waals surface area contributed by atoms with E-state index in [4.69, 9.17) is 30.4 Å². The molecule has 4 N–H and O–H groups in total. The second kappa shape index (κ2) is 31.7. The van der Waals surface area contributed by atoms with Crippen LogP contribution in [-0.2, 0) is 27.2 Å². The molecule has 27 heteroatoms. The van der Waals surface area contributed by atoms with E-state index in [-0.39, 0.29) is 134 Å². The smallest absolute Gasteiger partial charge is 1.00 e. The maximum absolute atomic E-state index is 12.3. The SMILES string of the molecule is C.CC(C)(C)OC(=O)N1CCC2(CC(Nc3ccc(C=O)cc3[N+](=O)[O-])C2)C1.CC(C)(C)OC(=O)N1CCC2(CC(Nc3ccc(CO)cc3[N+](=O)[O-])C2)C1.CC(C)(C)[Si](C)(C)Cl.CCc1ccc(NC2CC3(CCN(C(=O)OC(C)(C)C)C3)C2)c([N+](=O)[O-])c1.[B].[H-].[Na+]. The van der Waals surface area contributed by atoms with Crippen molar-refractivity contribution in [3.63, 3.8) is 0 Å². The van der Waals surface area contributed by atoms with Gasteiger partial charge in [-0.25, -0.2) is 14.4 Å². The second-order valence-electron chi connectivity index (χ2n) is 29.8. The fraction of sp³-hybridized carbons (Fsp3) is 0.662. The molecule has 505 valence electrons. The minimum atomic E-state index is -1.39. The maximum atomic E-state index is 12.3. The number of nitro benzene ring substituents is 3. The van der Waals surface area contributed by atoms with Crippen LogP contribution in [0.1, 0.15) is 178 Å². The number of likely N-dealkylation sites (tertiary alicyclic amines) is 3. The Balaban J connectivity index is 0.000000439. The Kier molecular flexibility index (Phi) is 27.7. The summed E-state index contributed by atoms with van der Waals surface area (Å²) in [5, 5.41) is 53.2. The second-order valence-corrected chi connectivity index (χ2v) is 37.1. The van der Waals surface area contributed by atoms with E-state index < -0.39 is 34.0 Å². The maximum Gasteiger partial charge on any atom is 1.00 e. The first-order valence-electron chi connectivity index (χ1n) is 30.9. The Morgan fingerprint density at radius 3 is 1.14 bits per heavy atom. The van der Waals surface area contributed by atoms with Crippen LogP contribution in [0.25, 0.3) is 0 Å². The van der Waals surface area contributed by atoms with Crippen molar-refractivity contribution < 1.29 is 84.2 Å². The van der Waals surface area contributed by atoms with Crippen LogP contribution in [0, 0.1) is 46.6 Å². The molecule has 3 radical (unpaired) electrons. The van der Waals surface area contributed by atoms with Gasteiger partial charge in [0.25, 0.3) is 17.1 Å². The number of halogens is 1. The first kappa shape index (κ1) is 80.5. The normalized spacial score (nSPS) is 22.8. The number of benzene rings is 3. The van der Waals surface area contributed by atoms with Crippen LogP contribution in [0.4, 0.5) is 48.5 Å². The van der Waals surface area contributed by atoms with Crippen LogP contribution < -0.4 is 45.5 Å². The van der Waals surface area contributed by atoms with Gasteiger partial charge < -0.3 is 51.4 Å². The largest absolute Gasteiger partial charge is 1.00 e. The summed E-state index contributed by atoms with van der Waals surface area (Å²) < 4.78 is 16.4. The van der Waals surface area contributed by atoms with Crippen molar-refractivity contribution in [1.82, 2.24) is 14.7 Å². The number of aliphatic hydroxyl groups excluding tert-OH is 1. The van der Waals surface area contributed by atoms with Crippen LogP contribution in [-0.4, -0.2) is 149 Å². The number of nitro groups is 3. The molecule has 3 aliphatic heterocycles. The molecule has 3 heterocycles. The molecule has 23 nitrogen and oxygen atoms in total. The fourth-order valence-electron chi connectivity index (χ4n) is 12.1. The third-order valence-electron chi connectivity index (χ3n) is 17.7. The van der Waals surface area contributed by atoms with Crippen LogP contribution in [0.5, 0.6) is 0 Å². The van der Waals surface area contributed by atoms with Crippen molar-refractivity contribution in [2.75, 3.05) is 55.2 Å². The summed E-state index contributed by atoms with van der Waals surface area (Å²) in [5.41, 5.74) is 2.00. The van der Waals surface area contributed by atoms with Gasteiger partial charge in [-0.2, -0.15) is 11.1 Å². The van der Waals surface area contributed by atoms with E-state index in [2.05, 4.69) is 49.8 Å². The number of ether oxygens (including phenoxy) is 3. The number of amides is 3. The third-order valence-corrected chi connectivity index (χ3v) is 22.9. The molecule has 0 aromatic heterocycles. The molecular weight excluding hydrogens is 1230 g/mol. The number of nitrogens with zero attached hydrogens (tertiary/aromatic N) is 6. The Hall–Kier alpha value is -5.73. The molecule has 6 fully saturated rings. The zero-order valence-corrected chi connectivity index (χ0v) is 60.2. The van der Waals surface area contributed by atoms with Crippen molar-refractivity contribution in [3.8, 4) is 0 Å². The van der Waals surface area contributed by atoms with Crippen molar-refractivity contribution in [2.45, 2.75) is 221 Å². The first-order valence-corrected chi connectivity index (χ1v) is 34.9. The van der Waals surface area contributed by atoms with E-state index in [0.717, 1.165) is 69.8 Å². The van der Waals surface area contributed by atoms with Gasteiger partial charge in [0.15, 0.2) is 7.38 Å². The quantitative estimate of drug-likeness (QED) is 0.0327. The minimum absolute atomic E-state index is 0. The number of aliphatic hydroxyl groups is 1. The molecule has 0 bridgehead atoms. The number of carbonyl (C=O) groups excluding carboxylic acids is 4. The van der Waals surface area contributed by atoms with Gasteiger partial charge in [-0.05, 0) is 183 Å². The number of hydrogen-bond donors (Lipinski definition) is 4. The standard InChI is InChI=1S/C20H29N3O4.C19H27N3O5.C19H25N3O5.C6H15ClSi.CH4.B.Na.H/c1-5-14-6-7-16(17(10-14)23(25)26)21-15-11-20(12-15)8-9-22(13-20)18(24)27-19(2,3)4;2*1-18(2,3)27-17(24)21-7-6-19(12-21)9-14(10-19)20-15-5-4-13(11-23)8-16(15)22(25)26;1-6(2,3)8(4,5)7;;;;/h6-7,10,15,21H,5,8-9,11-13H2,1-4H3;4-5,8,14,20,23H,6-7,9-12H2,1-3H3;4-5,8,11,14,20H,6-7,9-10,12H2,1-3H3;1-5H3;1H4;;;/q;;;;;;+1;-1. The number of hydrogen-bond acceptors (Lipinski definition) is 17. The van der Waals surface area contributed by atoms with Crippen molar-refractivity contribution >= 4 is 85.6 Å². The molecule has 3 amide bonds. The van der Waals surface area contributed by atoms with Crippen LogP contribution in [0.15, 0.2) is 54.6 Å². The Labute approximate surface area is 575 Å². The van der Waals surface area contributed by atoms with E-state index in [1.54, 1.807) is 45.0 Å². The molecule has 3 saturated heterocycles. The molecule has 3 spiro atoms. The zero-order chi connectivity index (χ0) is 66.5. The summed E-state index contributed by atoms with van der Waals surface area (Å²) >= 11 is 6.15. The number of carbonyl (C=O) groups is 4. The molecule has 3 saturated carbocycles. The minimum Gasteiger partial charge on any atom is -1.00 e. The average Bonchev–Trinajstić information content (AvgIpc) is 1.69. The number of anilines is 3. The molecule has 3 aliphatic carbocycles. The molecule has 92 heavy (non-hydrogen) atoms. The van der Waals surface area contributed by atoms with E-state index in [9.17, 15) is 49.5 Å². The molecule has 9 rings (SSSR count).